The third kappa shape index (κ3) is 3.66. The van der Waals surface area contributed by atoms with Crippen molar-refractivity contribution in [2.45, 2.75) is 32.7 Å². The molecule has 2 heterocycles. The first kappa shape index (κ1) is 14.7. The molecule has 0 aliphatic carbocycles. The molecule has 7 nitrogen and oxygen atoms in total. The van der Waals surface area contributed by atoms with Crippen LogP contribution in [0.2, 0.25) is 0 Å². The molecule has 0 saturated carbocycles. The first-order chi connectivity index (χ1) is 9.72. The highest BCUT2D eigenvalue weighted by molar-refractivity contribution is 9.10. The maximum Gasteiger partial charge on any atom is 0.283 e. The van der Waals surface area contributed by atoms with E-state index in [9.17, 15) is 4.79 Å². The summed E-state index contributed by atoms with van der Waals surface area (Å²) in [6, 6.07) is 0. The van der Waals surface area contributed by atoms with E-state index in [4.69, 9.17) is 4.52 Å². The molecule has 0 spiro atoms. The van der Waals surface area contributed by atoms with Crippen molar-refractivity contribution in [2.75, 3.05) is 11.9 Å². The lowest BCUT2D eigenvalue weighted by atomic mass is 10.3. The second-order valence-electron chi connectivity index (χ2n) is 4.27. The molecule has 0 atom stereocenters. The Hall–Kier alpha value is -1.70. The lowest BCUT2D eigenvalue weighted by Gasteiger charge is -2.09. The molecule has 108 valence electrons. The average molecular weight is 342 g/mol. The monoisotopic (exact) mass is 341 g/mol. The van der Waals surface area contributed by atoms with Gasteiger partial charge >= 0.3 is 0 Å². The van der Waals surface area contributed by atoms with Crippen LogP contribution in [0.4, 0.5) is 5.69 Å². The van der Waals surface area contributed by atoms with Crippen LogP contribution < -0.4 is 10.9 Å². The van der Waals surface area contributed by atoms with Crippen molar-refractivity contribution >= 4 is 21.6 Å². The predicted octanol–water partition coefficient (Wildman–Crippen LogP) is 1.84. The van der Waals surface area contributed by atoms with E-state index in [0.29, 0.717) is 35.6 Å². The Kier molecular flexibility index (Phi) is 5.28. The Bertz CT molecular complexity index is 596. The van der Waals surface area contributed by atoms with Crippen LogP contribution in [0.25, 0.3) is 0 Å². The summed E-state index contributed by atoms with van der Waals surface area (Å²) in [5.41, 5.74) is 0.545. The van der Waals surface area contributed by atoms with Gasteiger partial charge < -0.3 is 9.84 Å². The van der Waals surface area contributed by atoms with E-state index in [-0.39, 0.29) is 5.56 Å². The van der Waals surface area contributed by atoms with Crippen LogP contribution in [0.1, 0.15) is 25.7 Å². The quantitative estimate of drug-likeness (QED) is 0.826. The number of hydrogen-bond acceptors (Lipinski definition) is 6. The zero-order valence-corrected chi connectivity index (χ0v) is 12.8. The van der Waals surface area contributed by atoms with Crippen LogP contribution in [0.15, 0.2) is 26.3 Å². The van der Waals surface area contributed by atoms with Crippen molar-refractivity contribution in [3.05, 3.63) is 33.2 Å². The highest BCUT2D eigenvalue weighted by Crippen LogP contribution is 2.16. The highest BCUT2D eigenvalue weighted by Gasteiger charge is 2.08. The summed E-state index contributed by atoms with van der Waals surface area (Å²) in [5, 5.41) is 10.8. The maximum absolute atomic E-state index is 12.1. The standard InChI is InChI=1S/C12H16BrN5O2/c1-2-3-6-18-12(19)11(13)9(7-16-18)14-5-4-10-15-8-17-20-10/h7-8,14H,2-6H2,1H3. The minimum Gasteiger partial charge on any atom is -0.382 e. The first-order valence-electron chi connectivity index (χ1n) is 6.47. The Morgan fingerprint density at radius 3 is 3.05 bits per heavy atom. The van der Waals surface area contributed by atoms with Gasteiger partial charge in [-0.3, -0.25) is 4.79 Å². The van der Waals surface area contributed by atoms with E-state index in [2.05, 4.69) is 43.4 Å². The first-order valence-corrected chi connectivity index (χ1v) is 7.26. The topological polar surface area (TPSA) is 85.8 Å². The molecule has 2 rings (SSSR count). The fourth-order valence-electron chi connectivity index (χ4n) is 1.67. The average Bonchev–Trinajstić information content (AvgIpc) is 2.96. The minimum absolute atomic E-state index is 0.124. The molecule has 2 aromatic heterocycles. The molecule has 2 aromatic rings. The number of rotatable bonds is 7. The fraction of sp³-hybridized carbons (Fsp3) is 0.500. The molecule has 0 bridgehead atoms. The van der Waals surface area contributed by atoms with E-state index in [1.807, 2.05) is 0 Å². The number of anilines is 1. The Morgan fingerprint density at radius 2 is 2.35 bits per heavy atom. The molecule has 20 heavy (non-hydrogen) atoms. The van der Waals surface area contributed by atoms with Gasteiger partial charge in [0.25, 0.3) is 5.56 Å². The number of hydrogen-bond donors (Lipinski definition) is 1. The largest absolute Gasteiger partial charge is 0.382 e. The van der Waals surface area contributed by atoms with Gasteiger partial charge in [-0.25, -0.2) is 4.68 Å². The zero-order valence-electron chi connectivity index (χ0n) is 11.2. The molecule has 8 heteroatoms. The van der Waals surface area contributed by atoms with Crippen molar-refractivity contribution in [3.63, 3.8) is 0 Å². The summed E-state index contributed by atoms with van der Waals surface area (Å²) in [7, 11) is 0. The molecule has 0 radical (unpaired) electrons. The summed E-state index contributed by atoms with van der Waals surface area (Å²) in [4.78, 5) is 16.0. The summed E-state index contributed by atoms with van der Waals surface area (Å²) in [6.07, 6.45) is 5.56. The summed E-state index contributed by atoms with van der Waals surface area (Å²) in [5.74, 6) is 0.554. The van der Waals surface area contributed by atoms with Crippen molar-refractivity contribution in [3.8, 4) is 0 Å². The third-order valence-electron chi connectivity index (χ3n) is 2.77. The van der Waals surface area contributed by atoms with E-state index in [1.54, 1.807) is 6.20 Å². The number of nitrogens with one attached hydrogen (secondary N) is 1. The molecule has 0 aromatic carbocycles. The Balaban J connectivity index is 1.98. The summed E-state index contributed by atoms with van der Waals surface area (Å²) >= 11 is 3.31. The van der Waals surface area contributed by atoms with Crippen LogP contribution in [-0.2, 0) is 13.0 Å². The molecular formula is C12H16BrN5O2. The van der Waals surface area contributed by atoms with Gasteiger partial charge in [-0.2, -0.15) is 10.1 Å². The second kappa shape index (κ2) is 7.18. The number of halogens is 1. The summed E-state index contributed by atoms with van der Waals surface area (Å²) in [6.45, 7) is 3.30. The molecule has 0 saturated heterocycles. The van der Waals surface area contributed by atoms with Crippen molar-refractivity contribution < 1.29 is 4.52 Å². The SMILES string of the molecule is CCCCn1ncc(NCCc2ncno2)c(Br)c1=O. The van der Waals surface area contributed by atoms with Crippen LogP contribution in [0.5, 0.6) is 0 Å². The molecule has 1 N–H and O–H groups in total. The van der Waals surface area contributed by atoms with E-state index in [0.717, 1.165) is 12.8 Å². The van der Waals surface area contributed by atoms with Gasteiger partial charge in [0.2, 0.25) is 5.89 Å². The van der Waals surface area contributed by atoms with E-state index >= 15 is 0 Å². The van der Waals surface area contributed by atoms with Gasteiger partial charge in [-0.1, -0.05) is 18.5 Å². The normalized spacial score (nSPS) is 10.7. The Morgan fingerprint density at radius 1 is 1.50 bits per heavy atom. The Labute approximate surface area is 124 Å². The van der Waals surface area contributed by atoms with Gasteiger partial charge in [0.1, 0.15) is 4.47 Å². The van der Waals surface area contributed by atoms with E-state index < -0.39 is 0 Å². The number of unbranched alkanes of at least 4 members (excludes halogenated alkanes) is 1. The van der Waals surface area contributed by atoms with Crippen molar-refractivity contribution in [2.24, 2.45) is 0 Å². The van der Waals surface area contributed by atoms with Crippen LogP contribution in [0, 0.1) is 0 Å². The lowest BCUT2D eigenvalue weighted by Crippen LogP contribution is -2.24. The fourth-order valence-corrected chi connectivity index (χ4v) is 2.11. The van der Waals surface area contributed by atoms with E-state index in [1.165, 1.54) is 11.0 Å². The maximum atomic E-state index is 12.1. The second-order valence-corrected chi connectivity index (χ2v) is 5.06. The van der Waals surface area contributed by atoms with Gasteiger partial charge in [-0.15, -0.1) is 0 Å². The van der Waals surface area contributed by atoms with Gasteiger partial charge in [0.15, 0.2) is 6.33 Å². The smallest absolute Gasteiger partial charge is 0.283 e. The third-order valence-corrected chi connectivity index (χ3v) is 3.54. The van der Waals surface area contributed by atoms with Crippen molar-refractivity contribution in [1.82, 2.24) is 19.9 Å². The van der Waals surface area contributed by atoms with Gasteiger partial charge in [-0.05, 0) is 22.4 Å². The number of aromatic nitrogens is 4. The molecule has 0 amide bonds. The molecular weight excluding hydrogens is 326 g/mol. The highest BCUT2D eigenvalue weighted by atomic mass is 79.9. The molecule has 0 aliphatic heterocycles. The van der Waals surface area contributed by atoms with Gasteiger partial charge in [0, 0.05) is 19.5 Å². The molecule has 0 unspecified atom stereocenters. The van der Waals surface area contributed by atoms with Crippen LogP contribution >= 0.6 is 15.9 Å². The number of nitrogens with zero attached hydrogens (tertiary/aromatic N) is 4. The zero-order chi connectivity index (χ0) is 14.4. The molecule has 0 aliphatic rings. The van der Waals surface area contributed by atoms with Crippen LogP contribution in [0.3, 0.4) is 0 Å². The van der Waals surface area contributed by atoms with Gasteiger partial charge in [0.05, 0.1) is 11.9 Å². The molecule has 0 fully saturated rings. The summed E-state index contributed by atoms with van der Waals surface area (Å²) < 4.78 is 6.86. The van der Waals surface area contributed by atoms with Crippen LogP contribution in [-0.4, -0.2) is 26.5 Å². The van der Waals surface area contributed by atoms with Crippen molar-refractivity contribution in [1.29, 1.82) is 0 Å². The minimum atomic E-state index is -0.124. The number of aryl methyl sites for hydroxylation is 1. The predicted molar refractivity (Wildman–Crippen MR) is 77.6 cm³/mol. The lowest BCUT2D eigenvalue weighted by molar-refractivity contribution is 0.379.